The maximum atomic E-state index is 5.70. The molecule has 0 aliphatic rings. The second-order valence-electron chi connectivity index (χ2n) is 7.44. The van der Waals surface area contributed by atoms with Gasteiger partial charge in [0.25, 0.3) is 0 Å². The zero-order valence-electron chi connectivity index (χ0n) is 19.3. The van der Waals surface area contributed by atoms with Gasteiger partial charge in [-0.25, -0.2) is 0 Å². The van der Waals surface area contributed by atoms with E-state index in [0.29, 0.717) is 24.1 Å². The number of hydrogen-bond acceptors (Lipinski definition) is 8. The van der Waals surface area contributed by atoms with Crippen molar-refractivity contribution in [3.63, 3.8) is 0 Å². The van der Waals surface area contributed by atoms with E-state index in [-0.39, 0.29) is 0 Å². The predicted octanol–water partition coefficient (Wildman–Crippen LogP) is 5.68. The van der Waals surface area contributed by atoms with Gasteiger partial charge in [0.1, 0.15) is 11.5 Å². The van der Waals surface area contributed by atoms with Gasteiger partial charge in [-0.3, -0.25) is 4.57 Å². The van der Waals surface area contributed by atoms with E-state index < -0.39 is 0 Å². The van der Waals surface area contributed by atoms with E-state index in [1.165, 1.54) is 11.8 Å². The Hall–Kier alpha value is -4.11. The topological polar surface area (TPSA) is 88.1 Å². The third-order valence-electron chi connectivity index (χ3n) is 5.22. The molecule has 0 saturated carbocycles. The lowest BCUT2D eigenvalue weighted by atomic mass is 10.2. The van der Waals surface area contributed by atoms with E-state index in [4.69, 9.17) is 14.0 Å². The molecular weight excluding hydrogens is 462 g/mol. The fraction of sp³-hybridized carbons (Fsp3) is 0.154. The molecule has 5 rings (SSSR count). The normalized spacial score (nSPS) is 10.9. The summed E-state index contributed by atoms with van der Waals surface area (Å²) in [5.74, 6) is 3.67. The largest absolute Gasteiger partial charge is 0.497 e. The Bertz CT molecular complexity index is 1400. The number of thioether (sulfide) groups is 1. The van der Waals surface area contributed by atoms with Gasteiger partial charge in [0.05, 0.1) is 25.0 Å². The van der Waals surface area contributed by atoms with Crippen molar-refractivity contribution in [2.45, 2.75) is 17.8 Å². The minimum absolute atomic E-state index is 0.442. The molecule has 0 bridgehead atoms. The predicted molar refractivity (Wildman–Crippen MR) is 134 cm³/mol. The highest BCUT2D eigenvalue weighted by Crippen LogP contribution is 2.32. The lowest BCUT2D eigenvalue weighted by molar-refractivity contribution is 0.341. The van der Waals surface area contributed by atoms with Gasteiger partial charge < -0.3 is 14.0 Å². The van der Waals surface area contributed by atoms with E-state index >= 15 is 0 Å². The zero-order valence-corrected chi connectivity index (χ0v) is 20.1. The molecule has 0 aliphatic heterocycles. The van der Waals surface area contributed by atoms with Crippen molar-refractivity contribution < 1.29 is 14.0 Å². The molecule has 9 heteroatoms. The highest BCUT2D eigenvalue weighted by molar-refractivity contribution is 7.98. The number of methoxy groups -OCH3 is 1. The number of benzene rings is 3. The lowest BCUT2D eigenvalue weighted by Crippen LogP contribution is -1.99. The van der Waals surface area contributed by atoms with Crippen LogP contribution in [0.2, 0.25) is 0 Å². The van der Waals surface area contributed by atoms with Crippen LogP contribution in [0.15, 0.2) is 88.5 Å². The van der Waals surface area contributed by atoms with Crippen molar-refractivity contribution in [1.29, 1.82) is 0 Å². The molecule has 2 heterocycles. The summed E-state index contributed by atoms with van der Waals surface area (Å²) in [6.45, 7) is 2.50. The minimum atomic E-state index is 0.442. The Labute approximate surface area is 206 Å². The third kappa shape index (κ3) is 4.90. The van der Waals surface area contributed by atoms with E-state index in [9.17, 15) is 0 Å². The Morgan fingerprint density at radius 1 is 0.914 bits per heavy atom. The molecule has 0 amide bonds. The monoisotopic (exact) mass is 485 g/mol. The Balaban J connectivity index is 1.42. The van der Waals surface area contributed by atoms with Gasteiger partial charge in [-0.2, -0.15) is 4.98 Å². The molecule has 0 spiro atoms. The molecule has 0 fully saturated rings. The summed E-state index contributed by atoms with van der Waals surface area (Å²) < 4.78 is 18.5. The molecular formula is C26H23N5O3S. The second kappa shape index (κ2) is 10.4. The molecule has 0 atom stereocenters. The molecule has 0 unspecified atom stereocenters. The van der Waals surface area contributed by atoms with Crippen LogP contribution in [-0.2, 0) is 5.75 Å². The summed E-state index contributed by atoms with van der Waals surface area (Å²) in [4.78, 5) is 4.57. The molecule has 0 aliphatic carbocycles. The third-order valence-corrected chi connectivity index (χ3v) is 6.13. The summed E-state index contributed by atoms with van der Waals surface area (Å²) in [7, 11) is 1.65. The maximum Gasteiger partial charge on any atom is 0.237 e. The van der Waals surface area contributed by atoms with Crippen LogP contribution in [-0.4, -0.2) is 38.6 Å². The van der Waals surface area contributed by atoms with Crippen molar-refractivity contribution in [1.82, 2.24) is 24.9 Å². The molecule has 35 heavy (non-hydrogen) atoms. The van der Waals surface area contributed by atoms with Crippen molar-refractivity contribution in [3.8, 4) is 40.0 Å². The van der Waals surface area contributed by atoms with Crippen molar-refractivity contribution in [2.75, 3.05) is 13.7 Å². The molecule has 0 N–H and O–H groups in total. The molecule has 8 nitrogen and oxygen atoms in total. The minimum Gasteiger partial charge on any atom is -0.497 e. The average molecular weight is 486 g/mol. The van der Waals surface area contributed by atoms with Gasteiger partial charge in [0, 0.05) is 11.3 Å². The first-order valence-corrected chi connectivity index (χ1v) is 12.1. The van der Waals surface area contributed by atoms with Gasteiger partial charge in [0.15, 0.2) is 11.0 Å². The quantitative estimate of drug-likeness (QED) is 0.246. The van der Waals surface area contributed by atoms with Crippen molar-refractivity contribution in [3.05, 3.63) is 84.8 Å². The van der Waals surface area contributed by atoms with E-state index in [1.807, 2.05) is 90.4 Å². The van der Waals surface area contributed by atoms with Gasteiger partial charge in [-0.1, -0.05) is 47.3 Å². The van der Waals surface area contributed by atoms with Crippen LogP contribution in [0.5, 0.6) is 11.5 Å². The lowest BCUT2D eigenvalue weighted by Gasteiger charge is -2.10. The highest BCUT2D eigenvalue weighted by Gasteiger charge is 2.18. The number of ether oxygens (including phenoxy) is 2. The molecule has 176 valence electrons. The Kier molecular flexibility index (Phi) is 6.76. The molecule has 3 aromatic carbocycles. The number of aromatic nitrogens is 5. The Morgan fingerprint density at radius 3 is 2.46 bits per heavy atom. The first kappa shape index (κ1) is 22.7. The zero-order chi connectivity index (χ0) is 24.0. The van der Waals surface area contributed by atoms with Gasteiger partial charge >= 0.3 is 0 Å². The molecule has 0 radical (unpaired) electrons. The van der Waals surface area contributed by atoms with Gasteiger partial charge in [-0.05, 0) is 55.5 Å². The summed E-state index contributed by atoms with van der Waals surface area (Å²) in [5.41, 5.74) is 2.69. The van der Waals surface area contributed by atoms with Crippen molar-refractivity contribution >= 4 is 11.8 Å². The fourth-order valence-corrected chi connectivity index (χ4v) is 4.37. The molecule has 0 saturated heterocycles. The van der Waals surface area contributed by atoms with Crippen LogP contribution < -0.4 is 9.47 Å². The number of para-hydroxylation sites is 2. The van der Waals surface area contributed by atoms with E-state index in [0.717, 1.165) is 39.3 Å². The summed E-state index contributed by atoms with van der Waals surface area (Å²) in [6.07, 6.45) is 0. The first-order valence-electron chi connectivity index (χ1n) is 11.1. The summed E-state index contributed by atoms with van der Waals surface area (Å²) in [5, 5.41) is 13.8. The summed E-state index contributed by atoms with van der Waals surface area (Å²) >= 11 is 1.48. The van der Waals surface area contributed by atoms with E-state index in [2.05, 4.69) is 20.3 Å². The standard InChI is InChI=1S/C26H23N5O3S/c1-3-33-22-12-8-7-11-21(22)24-27-23(34-30-24)17-35-26-29-28-25(18-13-15-20(32-2)16-14-18)31(26)19-9-5-4-6-10-19/h4-16H,3,17H2,1-2H3. The van der Waals surface area contributed by atoms with Gasteiger partial charge in [0.2, 0.25) is 11.7 Å². The van der Waals surface area contributed by atoms with Crippen molar-refractivity contribution in [2.24, 2.45) is 0 Å². The van der Waals surface area contributed by atoms with Crippen LogP contribution in [0.25, 0.3) is 28.5 Å². The van der Waals surface area contributed by atoms with Crippen LogP contribution in [0, 0.1) is 0 Å². The number of nitrogens with zero attached hydrogens (tertiary/aromatic N) is 5. The number of hydrogen-bond donors (Lipinski definition) is 0. The Morgan fingerprint density at radius 2 is 1.69 bits per heavy atom. The molecule has 5 aromatic rings. The van der Waals surface area contributed by atoms with Crippen LogP contribution in [0.1, 0.15) is 12.8 Å². The fourth-order valence-electron chi connectivity index (χ4n) is 3.58. The molecule has 2 aromatic heterocycles. The SMILES string of the molecule is CCOc1ccccc1-c1noc(CSc2nnc(-c3ccc(OC)cc3)n2-c2ccccc2)n1. The maximum absolute atomic E-state index is 5.70. The van der Waals surface area contributed by atoms with Crippen LogP contribution >= 0.6 is 11.8 Å². The van der Waals surface area contributed by atoms with E-state index in [1.54, 1.807) is 7.11 Å². The van der Waals surface area contributed by atoms with Crippen LogP contribution in [0.4, 0.5) is 0 Å². The summed E-state index contributed by atoms with van der Waals surface area (Å²) in [6, 6.07) is 25.4. The first-order chi connectivity index (χ1) is 17.3. The smallest absolute Gasteiger partial charge is 0.237 e. The second-order valence-corrected chi connectivity index (χ2v) is 8.38. The number of rotatable bonds is 9. The highest BCUT2D eigenvalue weighted by atomic mass is 32.2. The average Bonchev–Trinajstić information content (AvgIpc) is 3.56. The van der Waals surface area contributed by atoms with Gasteiger partial charge in [-0.15, -0.1) is 10.2 Å². The van der Waals surface area contributed by atoms with Crippen LogP contribution in [0.3, 0.4) is 0 Å².